The quantitative estimate of drug-likeness (QED) is 0.660. The molecule has 0 spiro atoms. The van der Waals surface area contributed by atoms with Crippen LogP contribution in [0, 0.1) is 0 Å². The van der Waals surface area contributed by atoms with Crippen molar-refractivity contribution in [1.29, 1.82) is 0 Å². The summed E-state index contributed by atoms with van der Waals surface area (Å²) in [4.78, 5) is 0. The number of phenols is 1. The molecule has 0 saturated heterocycles. The van der Waals surface area contributed by atoms with Crippen molar-refractivity contribution in [1.82, 2.24) is 0 Å². The van der Waals surface area contributed by atoms with E-state index >= 15 is 0 Å². The lowest BCUT2D eigenvalue weighted by Crippen LogP contribution is -2.10. The summed E-state index contributed by atoms with van der Waals surface area (Å²) >= 11 is 0. The molecule has 0 aliphatic carbocycles. The van der Waals surface area contributed by atoms with Crippen molar-refractivity contribution in [2.24, 2.45) is 0 Å². The molecule has 78 valence electrons. The lowest BCUT2D eigenvalue weighted by atomic mass is 10.0. The number of hydrogen-bond acceptors (Lipinski definition) is 3. The van der Waals surface area contributed by atoms with E-state index in [1.165, 1.54) is 0 Å². The minimum atomic E-state index is -0.441. The fourth-order valence-corrected chi connectivity index (χ4v) is 1.38. The van der Waals surface area contributed by atoms with E-state index < -0.39 is 6.10 Å². The number of rotatable bonds is 5. The van der Waals surface area contributed by atoms with E-state index in [9.17, 15) is 10.2 Å². The van der Waals surface area contributed by atoms with Gasteiger partial charge >= 0.3 is 0 Å². The van der Waals surface area contributed by atoms with Crippen molar-refractivity contribution in [2.45, 2.75) is 25.4 Å². The average molecular weight is 196 g/mol. The molecular weight excluding hydrogens is 180 g/mol. The number of phenolic OH excluding ortho intramolecular Hbond substituents is 1. The molecule has 3 heteroatoms. The third kappa shape index (κ3) is 3.77. The zero-order chi connectivity index (χ0) is 10.4. The van der Waals surface area contributed by atoms with Crippen LogP contribution in [-0.2, 0) is 6.42 Å². The predicted octanol–water partition coefficient (Wildman–Crippen LogP) is 1.07. The smallest absolute Gasteiger partial charge is 0.115 e. The first kappa shape index (κ1) is 11.0. The van der Waals surface area contributed by atoms with Gasteiger partial charge in [-0.25, -0.2) is 0 Å². The van der Waals surface area contributed by atoms with E-state index in [4.69, 9.17) is 5.11 Å². The zero-order valence-electron chi connectivity index (χ0n) is 8.06. The monoisotopic (exact) mass is 196 g/mol. The molecule has 0 fully saturated rings. The molecule has 1 unspecified atom stereocenters. The van der Waals surface area contributed by atoms with Gasteiger partial charge in [0.15, 0.2) is 0 Å². The summed E-state index contributed by atoms with van der Waals surface area (Å²) in [6.07, 6.45) is 1.28. The van der Waals surface area contributed by atoms with Gasteiger partial charge in [-0.2, -0.15) is 0 Å². The van der Waals surface area contributed by atoms with Crippen molar-refractivity contribution < 1.29 is 15.3 Å². The van der Waals surface area contributed by atoms with Gasteiger partial charge in [0.1, 0.15) is 5.75 Å². The highest BCUT2D eigenvalue weighted by atomic mass is 16.3. The van der Waals surface area contributed by atoms with Gasteiger partial charge in [-0.05, 0) is 37.0 Å². The van der Waals surface area contributed by atoms with Crippen molar-refractivity contribution in [3.05, 3.63) is 29.8 Å². The van der Waals surface area contributed by atoms with Gasteiger partial charge in [-0.15, -0.1) is 0 Å². The number of benzene rings is 1. The van der Waals surface area contributed by atoms with Crippen LogP contribution in [0.2, 0.25) is 0 Å². The molecule has 1 atom stereocenters. The summed E-state index contributed by atoms with van der Waals surface area (Å²) in [5.41, 5.74) is 0.912. The van der Waals surface area contributed by atoms with E-state index in [0.29, 0.717) is 19.3 Å². The lowest BCUT2D eigenvalue weighted by molar-refractivity contribution is 0.150. The Morgan fingerprint density at radius 3 is 2.71 bits per heavy atom. The van der Waals surface area contributed by atoms with Crippen molar-refractivity contribution >= 4 is 0 Å². The Bertz CT molecular complexity index is 273. The minimum Gasteiger partial charge on any atom is -0.508 e. The fourth-order valence-electron chi connectivity index (χ4n) is 1.38. The molecule has 0 heterocycles. The Kier molecular flexibility index (Phi) is 4.43. The molecule has 1 rings (SSSR count). The molecule has 0 aromatic heterocycles. The predicted molar refractivity (Wildman–Crippen MR) is 54.1 cm³/mol. The summed E-state index contributed by atoms with van der Waals surface area (Å²) < 4.78 is 0. The third-order valence-electron chi connectivity index (χ3n) is 2.08. The van der Waals surface area contributed by atoms with Crippen LogP contribution in [0.1, 0.15) is 18.4 Å². The zero-order valence-corrected chi connectivity index (χ0v) is 8.06. The maximum atomic E-state index is 9.53. The topological polar surface area (TPSA) is 60.7 Å². The molecular formula is C11H16O3. The Hall–Kier alpha value is -1.06. The molecule has 0 radical (unpaired) electrons. The second kappa shape index (κ2) is 5.62. The standard InChI is InChI=1S/C11H16O3/c12-6-2-5-11(14)8-9-3-1-4-10(13)7-9/h1,3-4,7,11-14H,2,5-6,8H2. The van der Waals surface area contributed by atoms with E-state index in [-0.39, 0.29) is 12.4 Å². The summed E-state index contributed by atoms with van der Waals surface area (Å²) in [5, 5.41) is 27.3. The lowest BCUT2D eigenvalue weighted by Gasteiger charge is -2.09. The normalized spacial score (nSPS) is 12.7. The number of aliphatic hydroxyl groups is 2. The number of aliphatic hydroxyl groups excluding tert-OH is 2. The van der Waals surface area contributed by atoms with Gasteiger partial charge in [0.05, 0.1) is 6.10 Å². The molecule has 0 bridgehead atoms. The van der Waals surface area contributed by atoms with Crippen LogP contribution >= 0.6 is 0 Å². The highest BCUT2D eigenvalue weighted by molar-refractivity contribution is 5.27. The Morgan fingerprint density at radius 2 is 2.07 bits per heavy atom. The van der Waals surface area contributed by atoms with E-state index in [1.54, 1.807) is 18.2 Å². The maximum absolute atomic E-state index is 9.53. The summed E-state index contributed by atoms with van der Waals surface area (Å²) in [7, 11) is 0. The first-order valence-corrected chi connectivity index (χ1v) is 4.79. The fraction of sp³-hybridized carbons (Fsp3) is 0.455. The molecule has 3 N–H and O–H groups in total. The average Bonchev–Trinajstić information content (AvgIpc) is 2.15. The van der Waals surface area contributed by atoms with Gasteiger partial charge in [0, 0.05) is 6.61 Å². The minimum absolute atomic E-state index is 0.108. The SMILES string of the molecule is OCCCC(O)Cc1cccc(O)c1. The highest BCUT2D eigenvalue weighted by Crippen LogP contribution is 2.13. The largest absolute Gasteiger partial charge is 0.508 e. The van der Waals surface area contributed by atoms with Crippen LogP contribution in [0.5, 0.6) is 5.75 Å². The van der Waals surface area contributed by atoms with Crippen LogP contribution in [-0.4, -0.2) is 28.0 Å². The summed E-state index contributed by atoms with van der Waals surface area (Å²) in [6, 6.07) is 6.86. The molecule has 3 nitrogen and oxygen atoms in total. The van der Waals surface area contributed by atoms with Crippen LogP contribution in [0.3, 0.4) is 0 Å². The van der Waals surface area contributed by atoms with Gasteiger partial charge in [-0.3, -0.25) is 0 Å². The Balaban J connectivity index is 2.43. The van der Waals surface area contributed by atoms with E-state index in [0.717, 1.165) is 5.56 Å². The van der Waals surface area contributed by atoms with Crippen molar-refractivity contribution in [3.63, 3.8) is 0 Å². The van der Waals surface area contributed by atoms with Gasteiger partial charge in [0.25, 0.3) is 0 Å². The number of hydrogen-bond donors (Lipinski definition) is 3. The van der Waals surface area contributed by atoms with Gasteiger partial charge in [0.2, 0.25) is 0 Å². The molecule has 0 amide bonds. The highest BCUT2D eigenvalue weighted by Gasteiger charge is 2.05. The molecule has 1 aromatic carbocycles. The summed E-state index contributed by atoms with van der Waals surface area (Å²) in [5.74, 6) is 0.219. The van der Waals surface area contributed by atoms with Crippen molar-refractivity contribution in [2.75, 3.05) is 6.61 Å². The van der Waals surface area contributed by atoms with Gasteiger partial charge in [-0.1, -0.05) is 12.1 Å². The third-order valence-corrected chi connectivity index (χ3v) is 2.08. The second-order valence-electron chi connectivity index (χ2n) is 3.39. The summed E-state index contributed by atoms with van der Waals surface area (Å²) in [6.45, 7) is 0.108. The van der Waals surface area contributed by atoms with Crippen molar-refractivity contribution in [3.8, 4) is 5.75 Å². The molecule has 1 aromatic rings. The molecule has 0 aliphatic rings. The van der Waals surface area contributed by atoms with Crippen LogP contribution in [0.25, 0.3) is 0 Å². The molecule has 14 heavy (non-hydrogen) atoms. The van der Waals surface area contributed by atoms with Crippen LogP contribution in [0.4, 0.5) is 0 Å². The van der Waals surface area contributed by atoms with Crippen LogP contribution in [0.15, 0.2) is 24.3 Å². The number of aromatic hydroxyl groups is 1. The van der Waals surface area contributed by atoms with Gasteiger partial charge < -0.3 is 15.3 Å². The first-order valence-electron chi connectivity index (χ1n) is 4.79. The van der Waals surface area contributed by atoms with E-state index in [1.807, 2.05) is 6.07 Å². The molecule has 0 aliphatic heterocycles. The van der Waals surface area contributed by atoms with E-state index in [2.05, 4.69) is 0 Å². The second-order valence-corrected chi connectivity index (χ2v) is 3.39. The molecule has 0 saturated carbocycles. The Morgan fingerprint density at radius 1 is 1.29 bits per heavy atom. The Labute approximate surface area is 83.6 Å². The maximum Gasteiger partial charge on any atom is 0.115 e. The van der Waals surface area contributed by atoms with Crippen LogP contribution < -0.4 is 0 Å². The first-order chi connectivity index (χ1) is 6.72.